The van der Waals surface area contributed by atoms with Crippen LogP contribution in [0.25, 0.3) is 0 Å². The molecule has 1 saturated heterocycles. The Hall–Kier alpha value is -6.45. The second kappa shape index (κ2) is 27.1. The van der Waals surface area contributed by atoms with Crippen molar-refractivity contribution >= 4 is 59.0 Å². The van der Waals surface area contributed by atoms with Crippen molar-refractivity contribution in [2.24, 2.45) is 46.2 Å². The number of benzene rings is 1. The highest BCUT2D eigenvalue weighted by Gasteiger charge is 2.76. The third kappa shape index (κ3) is 14.3. The number of ether oxygens (including phenoxy) is 4. The zero-order valence-corrected chi connectivity index (χ0v) is 48.2. The van der Waals surface area contributed by atoms with E-state index in [0.29, 0.717) is 70.0 Å². The Morgan fingerprint density at radius 1 is 0.926 bits per heavy atom. The van der Waals surface area contributed by atoms with E-state index >= 15 is 0 Å². The summed E-state index contributed by atoms with van der Waals surface area (Å²) >= 11 is 0. The Kier molecular flexibility index (Phi) is 20.8. The van der Waals surface area contributed by atoms with Gasteiger partial charge >= 0.3 is 18.2 Å². The molecule has 21 heteroatoms. The van der Waals surface area contributed by atoms with Crippen LogP contribution >= 0.6 is 0 Å². The second-order valence-electron chi connectivity index (χ2n) is 23.8. The van der Waals surface area contributed by atoms with Gasteiger partial charge in [0, 0.05) is 94.2 Å². The van der Waals surface area contributed by atoms with Crippen LogP contribution in [0.5, 0.6) is 0 Å². The van der Waals surface area contributed by atoms with Gasteiger partial charge in [0.05, 0.1) is 18.2 Å². The number of nitrogens with two attached hydrogens (primary N) is 1. The predicted molar refractivity (Wildman–Crippen MR) is 299 cm³/mol. The zero-order chi connectivity index (χ0) is 58.8. The molecule has 0 aromatic heterocycles. The summed E-state index contributed by atoms with van der Waals surface area (Å²) in [5, 5.41) is 21.0. The van der Waals surface area contributed by atoms with Crippen LogP contribution < -0.4 is 21.7 Å². The number of rotatable bonds is 28. The third-order valence-corrected chi connectivity index (χ3v) is 18.0. The Labute approximate surface area is 475 Å². The molecular weight excluding hydrogens is 1040 g/mol. The Morgan fingerprint density at radius 3 is 2.28 bits per heavy atom. The number of urea groups is 1. The monoisotopic (exact) mass is 1130 g/mol. The molecule has 0 bridgehead atoms. The number of primary amides is 1. The number of imide groups is 1. The number of nitrogens with zero attached hydrogens (tertiary/aromatic N) is 3. The summed E-state index contributed by atoms with van der Waals surface area (Å²) in [5.41, 5.74) is 5.03. The molecule has 7 amide bonds. The Bertz CT molecular complexity index is 2590. The van der Waals surface area contributed by atoms with E-state index in [1.54, 1.807) is 31.3 Å². The zero-order valence-electron chi connectivity index (χ0n) is 48.2. The largest absolute Gasteiger partial charge is 0.445 e. The summed E-state index contributed by atoms with van der Waals surface area (Å²) in [5.74, 6) is -1.96. The summed E-state index contributed by atoms with van der Waals surface area (Å²) in [7, 11) is 3.06. The van der Waals surface area contributed by atoms with Gasteiger partial charge in [-0.1, -0.05) is 71.2 Å². The molecule has 2 aliphatic heterocycles. The first kappa shape index (κ1) is 62.2. The average Bonchev–Trinajstić information content (AvgIpc) is 4.20. The maximum Gasteiger partial charge on any atom is 0.409 e. The minimum atomic E-state index is -1.44. The van der Waals surface area contributed by atoms with Gasteiger partial charge in [0.25, 0.3) is 11.8 Å². The summed E-state index contributed by atoms with van der Waals surface area (Å²) in [6.07, 6.45) is 11.3. The van der Waals surface area contributed by atoms with E-state index in [4.69, 9.17) is 24.7 Å². The highest BCUT2D eigenvalue weighted by molar-refractivity contribution is 6.12. The van der Waals surface area contributed by atoms with E-state index in [1.165, 1.54) is 33.9 Å². The number of likely N-dealkylation sites (N-methyl/N-ethyl adjacent to an activating group) is 2. The quantitative estimate of drug-likeness (QED) is 0.0467. The Morgan fingerprint density at radius 2 is 1.62 bits per heavy atom. The molecule has 1 unspecified atom stereocenters. The number of nitrogens with one attached hydrogen (secondary N) is 3. The molecule has 1 aromatic rings. The fourth-order valence-corrected chi connectivity index (χ4v) is 13.6. The van der Waals surface area contributed by atoms with Crippen molar-refractivity contribution < 1.29 is 67.2 Å². The van der Waals surface area contributed by atoms with Crippen LogP contribution in [-0.2, 0) is 54.3 Å². The van der Waals surface area contributed by atoms with Crippen molar-refractivity contribution in [2.75, 3.05) is 58.7 Å². The van der Waals surface area contributed by atoms with E-state index in [9.17, 15) is 48.3 Å². The van der Waals surface area contributed by atoms with Crippen molar-refractivity contribution in [3.05, 3.63) is 65.8 Å². The van der Waals surface area contributed by atoms with Gasteiger partial charge in [0.2, 0.25) is 11.7 Å². The van der Waals surface area contributed by atoms with E-state index in [-0.39, 0.29) is 104 Å². The lowest BCUT2D eigenvalue weighted by Gasteiger charge is -2.59. The fourth-order valence-electron chi connectivity index (χ4n) is 13.6. The first-order valence-corrected chi connectivity index (χ1v) is 29.0. The van der Waals surface area contributed by atoms with Gasteiger partial charge in [0.15, 0.2) is 30.1 Å². The number of anilines is 1. The number of hydrogen-bond acceptors (Lipinski definition) is 15. The molecule has 3 saturated carbocycles. The number of Topliss-reactive ketones (excluding diaryl/α,β-unsaturated/α-hetero) is 2. The molecule has 2 heterocycles. The number of fused-ring (bicyclic) bond motifs is 7. The second-order valence-corrected chi connectivity index (χ2v) is 23.8. The number of carbonyl (C=O) groups is 9. The van der Waals surface area contributed by atoms with Crippen molar-refractivity contribution in [2.45, 2.75) is 155 Å². The summed E-state index contributed by atoms with van der Waals surface area (Å²) in [6.45, 7) is 10.5. The van der Waals surface area contributed by atoms with E-state index in [2.05, 4.69) is 22.9 Å². The highest BCUT2D eigenvalue weighted by Crippen LogP contribution is 2.69. The van der Waals surface area contributed by atoms with Gasteiger partial charge < -0.3 is 55.5 Å². The number of allylic oxidation sites excluding steroid dienone is 4. The standard InChI is InChI=1S/C60H85N7O14/c1-8-13-52-80-48-32-44-43-21-18-40-31-42(68)24-25-58(40,4)53(43)46(70)33-59(44,5)60(48,81-52)47(71)36-79-57(77)66(7)29-28-65(6)56(76)78-35-38-16-19-41(20-17-38)63-34-39(14-12-26-62-55(61)75)30-45(69)54(37(2)3)64-49(72)15-10-9-11-27-67-50(73)22-23-51(67)74/h16-17,19-20,22-25,31,37,39,43-44,46,48,52-54,63,70H,8-15,18,21,26-30,32-36H2,1-7H3,(H,64,72)(H3,61,62,75)/t39-,43+,44+,46+,48-,52?,53-,54+,58+,59+,60-/m1/s1. The van der Waals surface area contributed by atoms with Crippen LogP contribution in [0.4, 0.5) is 20.1 Å². The summed E-state index contributed by atoms with van der Waals surface area (Å²) in [4.78, 5) is 119. The maximum atomic E-state index is 14.7. The first-order chi connectivity index (χ1) is 38.5. The molecule has 81 heavy (non-hydrogen) atoms. The SMILES string of the molecule is CCCC1O[C@@H]2C[C@H]3[C@@H]4CCC5=CC(=O)C=C[C@]5(C)[C@H]4[C@@H](O)C[C@]3(C)[C@]2(C(=O)COC(=O)N(C)CCN(C)C(=O)OCc2ccc(NC[C@H](CCCNC(N)=O)CC(=O)[C@@H](NC(=O)CCCCCN3C(=O)C=CC3=O)C(C)C)cc2)O1. The third-order valence-electron chi connectivity index (χ3n) is 18.0. The topological polar surface area (TPSA) is 283 Å². The predicted octanol–water partition coefficient (Wildman–Crippen LogP) is 6.12. The number of aliphatic hydroxyl groups excluding tert-OH is 1. The first-order valence-electron chi connectivity index (χ1n) is 29.0. The molecule has 6 aliphatic rings. The van der Waals surface area contributed by atoms with Gasteiger partial charge in [-0.05, 0) is 111 Å². The molecule has 4 fully saturated rings. The average molecular weight is 1130 g/mol. The lowest BCUT2D eigenvalue weighted by molar-refractivity contribution is -0.200. The highest BCUT2D eigenvalue weighted by atomic mass is 16.7. The van der Waals surface area contributed by atoms with Crippen molar-refractivity contribution in [3.8, 4) is 0 Å². The molecule has 6 N–H and O–H groups in total. The summed E-state index contributed by atoms with van der Waals surface area (Å²) < 4.78 is 24.5. The van der Waals surface area contributed by atoms with Crippen LogP contribution in [0.15, 0.2) is 60.2 Å². The molecule has 444 valence electrons. The summed E-state index contributed by atoms with van der Waals surface area (Å²) in [6, 6.07) is 5.93. The number of amides is 7. The Balaban J connectivity index is 0.850. The van der Waals surface area contributed by atoms with E-state index in [1.807, 2.05) is 45.9 Å². The fraction of sp³-hybridized carbons (Fsp3) is 0.650. The van der Waals surface area contributed by atoms with Gasteiger partial charge in [0.1, 0.15) is 6.61 Å². The van der Waals surface area contributed by atoms with Gasteiger partial charge in [-0.2, -0.15) is 0 Å². The van der Waals surface area contributed by atoms with Crippen LogP contribution in [0.2, 0.25) is 0 Å². The van der Waals surface area contributed by atoms with Crippen LogP contribution in [0.3, 0.4) is 0 Å². The van der Waals surface area contributed by atoms with Gasteiger partial charge in [-0.3, -0.25) is 33.7 Å². The van der Waals surface area contributed by atoms with Crippen molar-refractivity contribution in [1.82, 2.24) is 25.3 Å². The minimum absolute atomic E-state index is 0.0281. The number of unbranched alkanes of at least 4 members (excludes halogenated alkanes) is 2. The molecule has 0 spiro atoms. The van der Waals surface area contributed by atoms with Crippen LogP contribution in [0.1, 0.15) is 124 Å². The normalized spacial score (nSPS) is 27.8. The number of aliphatic hydroxyl groups is 1. The van der Waals surface area contributed by atoms with E-state index < -0.39 is 71.6 Å². The molecule has 1 aromatic carbocycles. The molecular formula is C60H85N7O14. The maximum absolute atomic E-state index is 14.7. The molecule has 11 atom stereocenters. The number of ketones is 3. The smallest absolute Gasteiger partial charge is 0.409 e. The molecule has 21 nitrogen and oxygen atoms in total. The molecule has 0 radical (unpaired) electrons. The molecule has 7 rings (SSSR count). The van der Waals surface area contributed by atoms with Gasteiger partial charge in [-0.15, -0.1) is 0 Å². The number of carbonyl (C=O) groups excluding carboxylic acids is 9. The van der Waals surface area contributed by atoms with Crippen molar-refractivity contribution in [1.29, 1.82) is 0 Å². The lowest BCUT2D eigenvalue weighted by Crippen LogP contribution is -2.63. The molecule has 4 aliphatic carbocycles. The van der Waals surface area contributed by atoms with Gasteiger partial charge in [-0.25, -0.2) is 14.4 Å². The van der Waals surface area contributed by atoms with Crippen molar-refractivity contribution in [3.63, 3.8) is 0 Å². The lowest BCUT2D eigenvalue weighted by atomic mass is 9.46. The van der Waals surface area contributed by atoms with Crippen LogP contribution in [0, 0.1) is 40.4 Å². The van der Waals surface area contributed by atoms with Crippen LogP contribution in [-0.4, -0.2) is 157 Å². The number of hydrogen-bond donors (Lipinski definition) is 5. The van der Waals surface area contributed by atoms with E-state index in [0.717, 1.165) is 24.1 Å². The minimum Gasteiger partial charge on any atom is -0.445 e.